The van der Waals surface area contributed by atoms with Gasteiger partial charge >= 0.3 is 0 Å². The van der Waals surface area contributed by atoms with Crippen LogP contribution in [-0.2, 0) is 13.0 Å². The van der Waals surface area contributed by atoms with Gasteiger partial charge in [-0.05, 0) is 56.0 Å². The fraction of sp³-hybridized carbons (Fsp3) is 0.240. The molecule has 0 fully saturated rings. The Morgan fingerprint density at radius 1 is 0.966 bits per heavy atom. The van der Waals surface area contributed by atoms with Crippen molar-refractivity contribution >= 4 is 16.6 Å². The first-order valence-electron chi connectivity index (χ1n) is 10.00. The van der Waals surface area contributed by atoms with E-state index >= 15 is 0 Å². The molecule has 0 aliphatic rings. The van der Waals surface area contributed by atoms with Gasteiger partial charge in [-0.2, -0.15) is 0 Å². The van der Waals surface area contributed by atoms with Gasteiger partial charge in [-0.25, -0.2) is 4.39 Å². The zero-order valence-corrected chi connectivity index (χ0v) is 17.2. The molecule has 0 bridgehead atoms. The minimum Gasteiger partial charge on any atom is -0.383 e. The predicted molar refractivity (Wildman–Crippen MR) is 118 cm³/mol. The van der Waals surface area contributed by atoms with Gasteiger partial charge in [-0.3, -0.25) is 4.98 Å². The molecule has 0 amide bonds. The maximum absolute atomic E-state index is 13.1. The molecule has 2 aromatic carbocycles. The number of pyridine rings is 1. The van der Waals surface area contributed by atoms with E-state index in [2.05, 4.69) is 59.9 Å². The molecule has 4 rings (SSSR count). The van der Waals surface area contributed by atoms with Gasteiger partial charge in [0, 0.05) is 24.2 Å². The fourth-order valence-corrected chi connectivity index (χ4v) is 3.94. The lowest BCUT2D eigenvalue weighted by Crippen LogP contribution is -2.06. The standard InChI is InChI=1S/C25H26FN3/c1-17-5-4-6-21(13-17)16-29-19(3)18(2)25-23(14-27-15-24(25)29)28-12-11-20-7-9-22(26)10-8-20/h4-10,13-15,28H,11-12,16H2,1-3H3. The van der Waals surface area contributed by atoms with Crippen LogP contribution in [0.1, 0.15) is 27.9 Å². The van der Waals surface area contributed by atoms with E-state index in [0.29, 0.717) is 0 Å². The summed E-state index contributed by atoms with van der Waals surface area (Å²) in [6.07, 6.45) is 4.69. The maximum Gasteiger partial charge on any atom is 0.123 e. The van der Waals surface area contributed by atoms with Crippen LogP contribution in [0.15, 0.2) is 60.9 Å². The number of rotatable bonds is 6. The highest BCUT2D eigenvalue weighted by molar-refractivity contribution is 5.95. The summed E-state index contributed by atoms with van der Waals surface area (Å²) >= 11 is 0. The van der Waals surface area contributed by atoms with Crippen molar-refractivity contribution in [3.63, 3.8) is 0 Å². The van der Waals surface area contributed by atoms with E-state index in [1.165, 1.54) is 39.9 Å². The topological polar surface area (TPSA) is 29.9 Å². The fourth-order valence-electron chi connectivity index (χ4n) is 3.94. The highest BCUT2D eigenvalue weighted by Gasteiger charge is 2.15. The highest BCUT2D eigenvalue weighted by atomic mass is 19.1. The number of halogens is 1. The minimum atomic E-state index is -0.197. The van der Waals surface area contributed by atoms with Crippen molar-refractivity contribution in [2.75, 3.05) is 11.9 Å². The Bertz CT molecular complexity index is 1140. The Morgan fingerprint density at radius 3 is 2.52 bits per heavy atom. The lowest BCUT2D eigenvalue weighted by atomic mass is 10.1. The molecule has 29 heavy (non-hydrogen) atoms. The van der Waals surface area contributed by atoms with Crippen molar-refractivity contribution in [2.24, 2.45) is 0 Å². The summed E-state index contributed by atoms with van der Waals surface area (Å²) in [6, 6.07) is 15.3. The average molecular weight is 388 g/mol. The quantitative estimate of drug-likeness (QED) is 0.453. The zero-order valence-electron chi connectivity index (χ0n) is 17.2. The Labute approximate surface area is 171 Å². The van der Waals surface area contributed by atoms with E-state index in [9.17, 15) is 4.39 Å². The molecule has 1 N–H and O–H groups in total. The molecule has 0 atom stereocenters. The molecule has 0 unspecified atom stereocenters. The summed E-state index contributed by atoms with van der Waals surface area (Å²) in [5.74, 6) is -0.197. The third-order valence-electron chi connectivity index (χ3n) is 5.60. The summed E-state index contributed by atoms with van der Waals surface area (Å²) in [5, 5.41) is 4.76. The highest BCUT2D eigenvalue weighted by Crippen LogP contribution is 2.31. The van der Waals surface area contributed by atoms with Crippen molar-refractivity contribution in [3.05, 3.63) is 94.7 Å². The van der Waals surface area contributed by atoms with Crippen molar-refractivity contribution < 1.29 is 4.39 Å². The zero-order chi connectivity index (χ0) is 20.4. The van der Waals surface area contributed by atoms with E-state index < -0.39 is 0 Å². The Hall–Kier alpha value is -3.14. The second kappa shape index (κ2) is 8.08. The molecule has 0 spiro atoms. The number of aromatic nitrogens is 2. The number of hydrogen-bond acceptors (Lipinski definition) is 2. The summed E-state index contributed by atoms with van der Waals surface area (Å²) in [4.78, 5) is 4.49. The van der Waals surface area contributed by atoms with E-state index in [-0.39, 0.29) is 5.82 Å². The van der Waals surface area contributed by atoms with E-state index in [4.69, 9.17) is 0 Å². The van der Waals surface area contributed by atoms with Crippen molar-refractivity contribution in [1.29, 1.82) is 0 Å². The van der Waals surface area contributed by atoms with Gasteiger partial charge in [0.25, 0.3) is 0 Å². The number of hydrogen-bond donors (Lipinski definition) is 1. The molecular weight excluding hydrogens is 361 g/mol. The minimum absolute atomic E-state index is 0.197. The van der Waals surface area contributed by atoms with Gasteiger partial charge in [-0.15, -0.1) is 0 Å². The predicted octanol–water partition coefficient (Wildman–Crippen LogP) is 5.80. The molecular formula is C25H26FN3. The Kier molecular flexibility index (Phi) is 5.34. The molecule has 4 heteroatoms. The van der Waals surface area contributed by atoms with Crippen molar-refractivity contribution in [2.45, 2.75) is 33.7 Å². The summed E-state index contributed by atoms with van der Waals surface area (Å²) in [7, 11) is 0. The van der Waals surface area contributed by atoms with Crippen LogP contribution >= 0.6 is 0 Å². The van der Waals surface area contributed by atoms with Crippen LogP contribution in [-0.4, -0.2) is 16.1 Å². The van der Waals surface area contributed by atoms with Crippen LogP contribution in [0.3, 0.4) is 0 Å². The van der Waals surface area contributed by atoms with Crippen LogP contribution in [0.5, 0.6) is 0 Å². The van der Waals surface area contributed by atoms with Crippen LogP contribution in [0.4, 0.5) is 10.1 Å². The summed E-state index contributed by atoms with van der Waals surface area (Å²) in [5.41, 5.74) is 8.41. The molecule has 0 aliphatic carbocycles. The third-order valence-corrected chi connectivity index (χ3v) is 5.60. The Balaban J connectivity index is 1.60. The van der Waals surface area contributed by atoms with Gasteiger partial charge in [0.15, 0.2) is 0 Å². The summed E-state index contributed by atoms with van der Waals surface area (Å²) < 4.78 is 15.4. The van der Waals surface area contributed by atoms with Crippen LogP contribution in [0.25, 0.3) is 10.9 Å². The van der Waals surface area contributed by atoms with E-state index in [0.717, 1.165) is 36.3 Å². The lowest BCUT2D eigenvalue weighted by Gasteiger charge is -2.11. The van der Waals surface area contributed by atoms with Crippen LogP contribution < -0.4 is 5.32 Å². The lowest BCUT2D eigenvalue weighted by molar-refractivity contribution is 0.627. The maximum atomic E-state index is 13.1. The first-order chi connectivity index (χ1) is 14.0. The molecule has 0 saturated heterocycles. The average Bonchev–Trinajstić information content (AvgIpc) is 2.95. The second-order valence-corrected chi connectivity index (χ2v) is 7.67. The van der Waals surface area contributed by atoms with Gasteiger partial charge in [0.1, 0.15) is 5.82 Å². The molecule has 0 aliphatic heterocycles. The number of anilines is 1. The molecule has 4 aromatic rings. The van der Waals surface area contributed by atoms with Gasteiger partial charge in [0.2, 0.25) is 0 Å². The number of benzene rings is 2. The normalized spacial score (nSPS) is 11.2. The number of aryl methyl sites for hydroxylation is 2. The number of fused-ring (bicyclic) bond motifs is 1. The molecule has 0 saturated carbocycles. The molecule has 2 heterocycles. The van der Waals surface area contributed by atoms with Crippen molar-refractivity contribution in [3.8, 4) is 0 Å². The molecule has 0 radical (unpaired) electrons. The monoisotopic (exact) mass is 387 g/mol. The SMILES string of the molecule is Cc1cccc(Cn2c(C)c(C)c3c(NCCc4ccc(F)cc4)cncc32)c1. The van der Waals surface area contributed by atoms with Gasteiger partial charge in [-0.1, -0.05) is 42.0 Å². The molecule has 3 nitrogen and oxygen atoms in total. The summed E-state index contributed by atoms with van der Waals surface area (Å²) in [6.45, 7) is 8.08. The number of nitrogens with zero attached hydrogens (tertiary/aromatic N) is 2. The molecule has 2 aromatic heterocycles. The van der Waals surface area contributed by atoms with Crippen LogP contribution in [0.2, 0.25) is 0 Å². The van der Waals surface area contributed by atoms with Gasteiger partial charge in [0.05, 0.1) is 23.6 Å². The van der Waals surface area contributed by atoms with Crippen LogP contribution in [0, 0.1) is 26.6 Å². The molecule has 148 valence electrons. The Morgan fingerprint density at radius 2 is 1.76 bits per heavy atom. The smallest absolute Gasteiger partial charge is 0.123 e. The van der Waals surface area contributed by atoms with Gasteiger partial charge < -0.3 is 9.88 Å². The largest absolute Gasteiger partial charge is 0.383 e. The number of nitrogens with one attached hydrogen (secondary N) is 1. The third kappa shape index (κ3) is 4.02. The van der Waals surface area contributed by atoms with E-state index in [1.807, 2.05) is 24.5 Å². The first kappa shape index (κ1) is 19.2. The van der Waals surface area contributed by atoms with Crippen molar-refractivity contribution in [1.82, 2.24) is 9.55 Å². The second-order valence-electron chi connectivity index (χ2n) is 7.67. The van der Waals surface area contributed by atoms with E-state index in [1.54, 1.807) is 0 Å². The first-order valence-corrected chi connectivity index (χ1v) is 10.00.